The molecule has 5 heteroatoms. The van der Waals surface area contributed by atoms with Crippen LogP contribution in [0.2, 0.25) is 0 Å². The maximum atomic E-state index is 12.6. The van der Waals surface area contributed by atoms with E-state index < -0.39 is 0 Å². The molecular weight excluding hydrogens is 332 g/mol. The standard InChI is InChI=1S/C20H18N2O2S/c1-13-9-10-15(12-14(13)2)21-19(23)16-6-3-4-7-17(16)22-20(24)18-8-5-11-25-18/h3-12H,1-2H3,(H,21,23)(H,22,24). The molecule has 3 aromatic rings. The van der Waals surface area contributed by atoms with Crippen LogP contribution in [0.4, 0.5) is 11.4 Å². The summed E-state index contributed by atoms with van der Waals surface area (Å²) in [4.78, 5) is 25.5. The molecule has 0 aliphatic rings. The number of rotatable bonds is 4. The van der Waals surface area contributed by atoms with E-state index in [0.29, 0.717) is 16.1 Å². The average molecular weight is 350 g/mol. The molecule has 0 radical (unpaired) electrons. The van der Waals surface area contributed by atoms with Crippen LogP contribution in [0.15, 0.2) is 60.0 Å². The van der Waals surface area contributed by atoms with E-state index >= 15 is 0 Å². The fourth-order valence-corrected chi connectivity index (χ4v) is 3.02. The van der Waals surface area contributed by atoms with Crippen LogP contribution in [0.1, 0.15) is 31.2 Å². The monoisotopic (exact) mass is 350 g/mol. The van der Waals surface area contributed by atoms with Crippen LogP contribution >= 0.6 is 11.3 Å². The van der Waals surface area contributed by atoms with Crippen molar-refractivity contribution in [2.24, 2.45) is 0 Å². The minimum atomic E-state index is -0.259. The minimum Gasteiger partial charge on any atom is -0.322 e. The fourth-order valence-electron chi connectivity index (χ4n) is 2.40. The highest BCUT2D eigenvalue weighted by Gasteiger charge is 2.15. The molecule has 2 amide bonds. The lowest BCUT2D eigenvalue weighted by Gasteiger charge is -2.12. The highest BCUT2D eigenvalue weighted by molar-refractivity contribution is 7.12. The molecule has 0 atom stereocenters. The molecule has 2 N–H and O–H groups in total. The molecule has 3 rings (SSSR count). The van der Waals surface area contributed by atoms with Crippen molar-refractivity contribution in [3.8, 4) is 0 Å². The summed E-state index contributed by atoms with van der Waals surface area (Å²) in [5.41, 5.74) is 3.92. The zero-order valence-electron chi connectivity index (χ0n) is 14.0. The molecule has 0 fully saturated rings. The van der Waals surface area contributed by atoms with Crippen molar-refractivity contribution in [2.45, 2.75) is 13.8 Å². The number of hydrogen-bond acceptors (Lipinski definition) is 3. The summed E-state index contributed by atoms with van der Waals surface area (Å²) in [5, 5.41) is 7.54. The second-order valence-corrected chi connectivity index (χ2v) is 6.68. The Labute approximate surface area is 150 Å². The van der Waals surface area contributed by atoms with Crippen molar-refractivity contribution >= 4 is 34.5 Å². The Morgan fingerprint density at radius 3 is 2.36 bits per heavy atom. The number of amides is 2. The van der Waals surface area contributed by atoms with E-state index in [-0.39, 0.29) is 11.8 Å². The van der Waals surface area contributed by atoms with Gasteiger partial charge in [-0.2, -0.15) is 0 Å². The third-order valence-corrected chi connectivity index (χ3v) is 4.80. The Hall–Kier alpha value is -2.92. The quantitative estimate of drug-likeness (QED) is 0.705. The number of carbonyl (C=O) groups excluding carboxylic acids is 2. The predicted octanol–water partition coefficient (Wildman–Crippen LogP) is 4.87. The lowest BCUT2D eigenvalue weighted by atomic mass is 10.1. The third-order valence-electron chi connectivity index (χ3n) is 3.93. The van der Waals surface area contributed by atoms with Gasteiger partial charge in [0.25, 0.3) is 11.8 Å². The second-order valence-electron chi connectivity index (χ2n) is 5.73. The number of anilines is 2. The van der Waals surface area contributed by atoms with Gasteiger partial charge in [-0.05, 0) is 60.7 Å². The van der Waals surface area contributed by atoms with E-state index in [1.165, 1.54) is 16.9 Å². The molecule has 25 heavy (non-hydrogen) atoms. The SMILES string of the molecule is Cc1ccc(NC(=O)c2ccccc2NC(=O)c2cccs2)cc1C. The van der Waals surface area contributed by atoms with Gasteiger partial charge >= 0.3 is 0 Å². The van der Waals surface area contributed by atoms with Crippen LogP contribution in [0.5, 0.6) is 0 Å². The maximum absolute atomic E-state index is 12.6. The van der Waals surface area contributed by atoms with Crippen molar-refractivity contribution in [1.29, 1.82) is 0 Å². The number of benzene rings is 2. The van der Waals surface area contributed by atoms with Crippen LogP contribution in [0.25, 0.3) is 0 Å². The van der Waals surface area contributed by atoms with Crippen LogP contribution in [-0.2, 0) is 0 Å². The van der Waals surface area contributed by atoms with E-state index in [9.17, 15) is 9.59 Å². The molecule has 2 aromatic carbocycles. The van der Waals surface area contributed by atoms with Crippen LogP contribution in [0, 0.1) is 13.8 Å². The topological polar surface area (TPSA) is 58.2 Å². The van der Waals surface area contributed by atoms with Gasteiger partial charge in [-0.15, -0.1) is 11.3 Å². The Morgan fingerprint density at radius 2 is 1.64 bits per heavy atom. The van der Waals surface area contributed by atoms with Gasteiger partial charge in [-0.25, -0.2) is 0 Å². The highest BCUT2D eigenvalue weighted by atomic mass is 32.1. The zero-order valence-corrected chi connectivity index (χ0v) is 14.8. The van der Waals surface area contributed by atoms with E-state index in [1.54, 1.807) is 30.3 Å². The fraction of sp³-hybridized carbons (Fsp3) is 0.100. The van der Waals surface area contributed by atoms with Gasteiger partial charge in [0.05, 0.1) is 16.1 Å². The summed E-state index contributed by atoms with van der Waals surface area (Å²) in [5.74, 6) is -0.480. The Balaban J connectivity index is 1.81. The molecule has 0 unspecified atom stereocenters. The van der Waals surface area contributed by atoms with Crippen molar-refractivity contribution in [3.05, 3.63) is 81.5 Å². The number of thiophene rings is 1. The van der Waals surface area contributed by atoms with Gasteiger partial charge in [0.1, 0.15) is 0 Å². The summed E-state index contributed by atoms with van der Waals surface area (Å²) >= 11 is 1.36. The lowest BCUT2D eigenvalue weighted by molar-refractivity contribution is 0.102. The maximum Gasteiger partial charge on any atom is 0.265 e. The minimum absolute atomic E-state index is 0.221. The number of para-hydroxylation sites is 1. The van der Waals surface area contributed by atoms with Gasteiger partial charge in [0, 0.05) is 5.69 Å². The van der Waals surface area contributed by atoms with Gasteiger partial charge in [-0.1, -0.05) is 24.3 Å². The van der Waals surface area contributed by atoms with Crippen LogP contribution < -0.4 is 10.6 Å². The van der Waals surface area contributed by atoms with Gasteiger partial charge in [0.15, 0.2) is 0 Å². The Morgan fingerprint density at radius 1 is 0.840 bits per heavy atom. The van der Waals surface area contributed by atoms with E-state index in [1.807, 2.05) is 43.5 Å². The molecule has 0 bridgehead atoms. The first-order valence-electron chi connectivity index (χ1n) is 7.87. The van der Waals surface area contributed by atoms with Gasteiger partial charge < -0.3 is 10.6 Å². The molecule has 0 saturated carbocycles. The molecule has 126 valence electrons. The molecule has 0 spiro atoms. The first-order valence-corrected chi connectivity index (χ1v) is 8.75. The first-order chi connectivity index (χ1) is 12.0. The summed E-state index contributed by atoms with van der Waals surface area (Å²) in [6, 6.07) is 16.3. The Kier molecular flexibility index (Phi) is 4.95. The van der Waals surface area contributed by atoms with Crippen molar-refractivity contribution < 1.29 is 9.59 Å². The first kappa shape index (κ1) is 16.9. The highest BCUT2D eigenvalue weighted by Crippen LogP contribution is 2.20. The van der Waals surface area contributed by atoms with Crippen LogP contribution in [-0.4, -0.2) is 11.8 Å². The molecule has 4 nitrogen and oxygen atoms in total. The van der Waals surface area contributed by atoms with E-state index in [0.717, 1.165) is 11.3 Å². The zero-order chi connectivity index (χ0) is 17.8. The number of hydrogen-bond donors (Lipinski definition) is 2. The Bertz CT molecular complexity index is 917. The summed E-state index contributed by atoms with van der Waals surface area (Å²) in [6.45, 7) is 4.02. The van der Waals surface area contributed by atoms with E-state index in [4.69, 9.17) is 0 Å². The molecule has 0 aliphatic carbocycles. The van der Waals surface area contributed by atoms with Crippen LogP contribution in [0.3, 0.4) is 0 Å². The molecule has 0 saturated heterocycles. The van der Waals surface area contributed by atoms with Crippen molar-refractivity contribution in [3.63, 3.8) is 0 Å². The average Bonchev–Trinajstić information content (AvgIpc) is 3.13. The summed E-state index contributed by atoms with van der Waals surface area (Å²) in [6.07, 6.45) is 0. The number of nitrogens with one attached hydrogen (secondary N) is 2. The van der Waals surface area contributed by atoms with Crippen molar-refractivity contribution in [2.75, 3.05) is 10.6 Å². The number of carbonyl (C=O) groups is 2. The van der Waals surface area contributed by atoms with Crippen molar-refractivity contribution in [1.82, 2.24) is 0 Å². The normalized spacial score (nSPS) is 10.3. The predicted molar refractivity (Wildman–Crippen MR) is 103 cm³/mol. The lowest BCUT2D eigenvalue weighted by Crippen LogP contribution is -2.17. The summed E-state index contributed by atoms with van der Waals surface area (Å²) < 4.78 is 0. The van der Waals surface area contributed by atoms with E-state index in [2.05, 4.69) is 10.6 Å². The van der Waals surface area contributed by atoms with Gasteiger partial charge in [-0.3, -0.25) is 9.59 Å². The second kappa shape index (κ2) is 7.32. The molecule has 1 aromatic heterocycles. The van der Waals surface area contributed by atoms with Gasteiger partial charge in [0.2, 0.25) is 0 Å². The third kappa shape index (κ3) is 3.95. The molecular formula is C20H18N2O2S. The largest absolute Gasteiger partial charge is 0.322 e. The molecule has 1 heterocycles. The number of aryl methyl sites for hydroxylation is 2. The smallest absolute Gasteiger partial charge is 0.265 e. The molecule has 0 aliphatic heterocycles. The summed E-state index contributed by atoms with van der Waals surface area (Å²) in [7, 11) is 0.